The molecule has 152 valence electrons. The zero-order chi connectivity index (χ0) is 21.4. The molecule has 0 spiro atoms. The first kappa shape index (κ1) is 18.7. The molecular formula is C24H21N7. The van der Waals surface area contributed by atoms with Gasteiger partial charge in [-0.15, -0.1) is 0 Å². The quantitative estimate of drug-likeness (QED) is 0.349. The number of nitrogens with zero attached hydrogens (tertiary/aromatic N) is 4. The highest BCUT2D eigenvalue weighted by Crippen LogP contribution is 2.33. The zero-order valence-electron chi connectivity index (χ0n) is 17.2. The van der Waals surface area contributed by atoms with Crippen LogP contribution in [0.2, 0.25) is 0 Å². The molecule has 31 heavy (non-hydrogen) atoms. The average Bonchev–Trinajstić information content (AvgIpc) is 2.74. The van der Waals surface area contributed by atoms with Crippen LogP contribution in [0.5, 0.6) is 0 Å². The van der Waals surface area contributed by atoms with Gasteiger partial charge in [-0.25, -0.2) is 15.0 Å². The molecule has 0 fully saturated rings. The maximum Gasteiger partial charge on any atom is 0.228 e. The summed E-state index contributed by atoms with van der Waals surface area (Å²) >= 11 is 0. The van der Waals surface area contributed by atoms with Crippen LogP contribution in [0.1, 0.15) is 11.4 Å². The van der Waals surface area contributed by atoms with Gasteiger partial charge in [0.2, 0.25) is 5.95 Å². The van der Waals surface area contributed by atoms with Gasteiger partial charge < -0.3 is 16.4 Å². The highest BCUT2D eigenvalue weighted by molar-refractivity contribution is 6.04. The molecule has 3 heterocycles. The minimum Gasteiger partial charge on any atom is -0.397 e. The van der Waals surface area contributed by atoms with Crippen LogP contribution < -0.4 is 16.4 Å². The number of fused-ring (bicyclic) bond motifs is 2. The molecule has 0 aliphatic rings. The van der Waals surface area contributed by atoms with Crippen LogP contribution in [0, 0.1) is 13.8 Å². The Balaban J connectivity index is 1.57. The van der Waals surface area contributed by atoms with Crippen LogP contribution in [0.4, 0.5) is 28.8 Å². The molecule has 0 amide bonds. The minimum absolute atomic E-state index is 0.534. The highest BCUT2D eigenvalue weighted by Gasteiger charge is 2.10. The summed E-state index contributed by atoms with van der Waals surface area (Å²) in [5.74, 6) is 1.24. The van der Waals surface area contributed by atoms with E-state index in [1.54, 1.807) is 12.4 Å². The van der Waals surface area contributed by atoms with Crippen molar-refractivity contribution in [1.29, 1.82) is 0 Å². The van der Waals surface area contributed by atoms with Crippen LogP contribution in [0.25, 0.3) is 21.7 Å². The maximum absolute atomic E-state index is 6.10. The molecule has 4 N–H and O–H groups in total. The Bertz CT molecular complexity index is 1410. The van der Waals surface area contributed by atoms with Crippen molar-refractivity contribution in [3.63, 3.8) is 0 Å². The molecule has 0 saturated carbocycles. The third-order valence-corrected chi connectivity index (χ3v) is 5.09. The molecule has 0 saturated heterocycles. The van der Waals surface area contributed by atoms with Crippen molar-refractivity contribution in [2.45, 2.75) is 13.8 Å². The summed E-state index contributed by atoms with van der Waals surface area (Å²) in [5, 5.41) is 9.77. The number of nitrogens with two attached hydrogens (primary N) is 1. The van der Waals surface area contributed by atoms with Gasteiger partial charge in [0.05, 0.1) is 11.2 Å². The minimum atomic E-state index is 0.534. The van der Waals surface area contributed by atoms with E-state index >= 15 is 0 Å². The predicted octanol–water partition coefficient (Wildman–Crippen LogP) is 5.26. The molecule has 0 bridgehead atoms. The SMILES string of the molecule is Cc1cc(C)nc(Nc2nccc3c(Nc4ccnc5c(N)cccc45)cccc23)n1. The van der Waals surface area contributed by atoms with Gasteiger partial charge in [0.15, 0.2) is 0 Å². The first-order valence-electron chi connectivity index (χ1n) is 9.96. The Labute approximate surface area is 179 Å². The molecule has 3 aromatic heterocycles. The van der Waals surface area contributed by atoms with E-state index in [-0.39, 0.29) is 0 Å². The Kier molecular flexibility index (Phi) is 4.55. The average molecular weight is 407 g/mol. The number of anilines is 5. The lowest BCUT2D eigenvalue weighted by Crippen LogP contribution is -2.02. The standard InChI is InChI=1S/C24H21N7/c1-14-13-15(2)29-24(28-14)31-23-17-5-4-8-20(16(17)9-11-27-23)30-21-10-12-26-22-18(21)6-3-7-19(22)25/h3-13H,25H2,1-2H3,(H,26,30)(H,27,28,29,31). The predicted molar refractivity (Wildman–Crippen MR) is 126 cm³/mol. The summed E-state index contributed by atoms with van der Waals surface area (Å²) in [4.78, 5) is 17.9. The summed E-state index contributed by atoms with van der Waals surface area (Å²) in [6.07, 6.45) is 3.54. The number of benzene rings is 2. The Morgan fingerprint density at radius 2 is 1.42 bits per heavy atom. The van der Waals surface area contributed by atoms with Gasteiger partial charge >= 0.3 is 0 Å². The van der Waals surface area contributed by atoms with Gasteiger partial charge in [0, 0.05) is 51.3 Å². The largest absolute Gasteiger partial charge is 0.397 e. The van der Waals surface area contributed by atoms with E-state index in [0.717, 1.165) is 44.4 Å². The number of nitrogens with one attached hydrogen (secondary N) is 2. The Morgan fingerprint density at radius 1 is 0.710 bits per heavy atom. The third-order valence-electron chi connectivity index (χ3n) is 5.09. The molecule has 5 aromatic rings. The fourth-order valence-corrected chi connectivity index (χ4v) is 3.76. The molecule has 0 unspecified atom stereocenters. The molecule has 0 radical (unpaired) electrons. The number of nitrogen functional groups attached to an aromatic ring is 1. The smallest absolute Gasteiger partial charge is 0.228 e. The molecule has 7 heteroatoms. The number of aromatic nitrogens is 4. The van der Waals surface area contributed by atoms with Crippen LogP contribution in [0.15, 0.2) is 67.0 Å². The number of pyridine rings is 2. The van der Waals surface area contributed by atoms with Gasteiger partial charge in [-0.05, 0) is 44.2 Å². The highest BCUT2D eigenvalue weighted by atomic mass is 15.1. The second-order valence-corrected chi connectivity index (χ2v) is 7.39. The first-order valence-corrected chi connectivity index (χ1v) is 9.96. The normalized spacial score (nSPS) is 11.0. The lowest BCUT2D eigenvalue weighted by molar-refractivity contribution is 1.06. The van der Waals surface area contributed by atoms with Crippen molar-refractivity contribution in [2.75, 3.05) is 16.4 Å². The van der Waals surface area contributed by atoms with E-state index in [1.165, 1.54) is 0 Å². The number of para-hydroxylation sites is 1. The van der Waals surface area contributed by atoms with Gasteiger partial charge in [-0.2, -0.15) is 0 Å². The van der Waals surface area contributed by atoms with Gasteiger partial charge in [0.1, 0.15) is 5.82 Å². The van der Waals surface area contributed by atoms with Gasteiger partial charge in [-0.1, -0.05) is 24.3 Å². The summed E-state index contributed by atoms with van der Waals surface area (Å²) in [7, 11) is 0. The second kappa shape index (κ2) is 7.53. The Morgan fingerprint density at radius 3 is 2.26 bits per heavy atom. The molecular weight excluding hydrogens is 386 g/mol. The second-order valence-electron chi connectivity index (χ2n) is 7.39. The first-order chi connectivity index (χ1) is 15.1. The van der Waals surface area contributed by atoms with Crippen molar-refractivity contribution >= 4 is 50.5 Å². The fourth-order valence-electron chi connectivity index (χ4n) is 3.76. The Hall–Kier alpha value is -4.26. The number of hydrogen-bond donors (Lipinski definition) is 3. The molecule has 0 aliphatic heterocycles. The number of aryl methyl sites for hydroxylation is 2. The molecule has 0 aliphatic carbocycles. The van der Waals surface area contributed by atoms with E-state index in [2.05, 4.69) is 30.6 Å². The monoisotopic (exact) mass is 407 g/mol. The molecule has 7 nitrogen and oxygen atoms in total. The summed E-state index contributed by atoms with van der Waals surface area (Å²) < 4.78 is 0. The molecule has 5 rings (SSSR count). The van der Waals surface area contributed by atoms with Crippen molar-refractivity contribution in [3.8, 4) is 0 Å². The van der Waals surface area contributed by atoms with E-state index in [0.29, 0.717) is 17.5 Å². The van der Waals surface area contributed by atoms with Crippen molar-refractivity contribution in [1.82, 2.24) is 19.9 Å². The van der Waals surface area contributed by atoms with E-state index in [4.69, 9.17) is 5.73 Å². The van der Waals surface area contributed by atoms with E-state index in [1.807, 2.05) is 68.4 Å². The zero-order valence-corrected chi connectivity index (χ0v) is 17.2. The summed E-state index contributed by atoms with van der Waals surface area (Å²) in [5.41, 5.74) is 11.2. The van der Waals surface area contributed by atoms with Gasteiger partial charge in [-0.3, -0.25) is 4.98 Å². The molecule has 2 aromatic carbocycles. The fraction of sp³-hybridized carbons (Fsp3) is 0.0833. The van der Waals surface area contributed by atoms with Gasteiger partial charge in [0.25, 0.3) is 0 Å². The van der Waals surface area contributed by atoms with Crippen LogP contribution >= 0.6 is 0 Å². The van der Waals surface area contributed by atoms with Crippen molar-refractivity contribution in [3.05, 3.63) is 78.4 Å². The number of hydrogen-bond acceptors (Lipinski definition) is 7. The molecule has 0 atom stereocenters. The number of rotatable bonds is 4. The van der Waals surface area contributed by atoms with Crippen molar-refractivity contribution < 1.29 is 0 Å². The summed E-state index contributed by atoms with van der Waals surface area (Å²) in [6.45, 7) is 3.90. The van der Waals surface area contributed by atoms with Crippen molar-refractivity contribution in [2.24, 2.45) is 0 Å². The van der Waals surface area contributed by atoms with Crippen LogP contribution in [0.3, 0.4) is 0 Å². The lowest BCUT2D eigenvalue weighted by atomic mass is 10.1. The van der Waals surface area contributed by atoms with E-state index < -0.39 is 0 Å². The maximum atomic E-state index is 6.10. The topological polar surface area (TPSA) is 102 Å². The van der Waals surface area contributed by atoms with E-state index in [9.17, 15) is 0 Å². The van der Waals surface area contributed by atoms with Crippen LogP contribution in [-0.2, 0) is 0 Å². The summed E-state index contributed by atoms with van der Waals surface area (Å²) in [6, 6.07) is 17.7. The third kappa shape index (κ3) is 3.57. The lowest BCUT2D eigenvalue weighted by Gasteiger charge is -2.14. The van der Waals surface area contributed by atoms with Crippen LogP contribution in [-0.4, -0.2) is 19.9 Å².